The summed E-state index contributed by atoms with van der Waals surface area (Å²) in [4.78, 5) is 16.8. The second-order valence-electron chi connectivity index (χ2n) is 4.38. The van der Waals surface area contributed by atoms with Gasteiger partial charge in [0.05, 0.1) is 10.4 Å². The van der Waals surface area contributed by atoms with E-state index in [1.807, 2.05) is 36.4 Å². The Kier molecular flexibility index (Phi) is 3.35. The van der Waals surface area contributed by atoms with Gasteiger partial charge in [-0.3, -0.25) is 9.78 Å². The predicted molar refractivity (Wildman–Crippen MR) is 81.6 cm³/mol. The molecule has 0 aliphatic carbocycles. The summed E-state index contributed by atoms with van der Waals surface area (Å²) in [7, 11) is 0. The molecule has 1 aromatic carbocycles. The average Bonchev–Trinajstić information content (AvgIpc) is 2.84. The molecule has 0 saturated carbocycles. The third-order valence-electron chi connectivity index (χ3n) is 3.03. The Morgan fingerprint density at radius 2 is 2.05 bits per heavy atom. The van der Waals surface area contributed by atoms with Crippen molar-refractivity contribution in [2.45, 2.75) is 6.54 Å². The maximum Gasteiger partial charge on any atom is 0.263 e. The van der Waals surface area contributed by atoms with Crippen LogP contribution >= 0.6 is 11.3 Å². The van der Waals surface area contributed by atoms with Gasteiger partial charge in [0.2, 0.25) is 0 Å². The molecule has 0 aliphatic heterocycles. The van der Waals surface area contributed by atoms with Gasteiger partial charge in [-0.2, -0.15) is 0 Å². The van der Waals surface area contributed by atoms with E-state index in [1.165, 1.54) is 11.3 Å². The van der Waals surface area contributed by atoms with Crippen LogP contribution in [0.5, 0.6) is 0 Å². The number of nitrogens with two attached hydrogens (primary N) is 1. The lowest BCUT2D eigenvalue weighted by Gasteiger charge is -2.04. The molecule has 3 rings (SSSR count). The van der Waals surface area contributed by atoms with E-state index in [-0.39, 0.29) is 5.91 Å². The Labute approximate surface area is 120 Å². The molecule has 0 bridgehead atoms. The van der Waals surface area contributed by atoms with Crippen LogP contribution in [0, 0.1) is 0 Å². The fourth-order valence-electron chi connectivity index (χ4n) is 2.00. The molecular weight excluding hydrogens is 270 g/mol. The molecule has 0 saturated heterocycles. The van der Waals surface area contributed by atoms with Crippen LogP contribution in [0.1, 0.15) is 15.2 Å². The summed E-state index contributed by atoms with van der Waals surface area (Å²) in [5.74, 6) is -0.146. The third kappa shape index (κ3) is 2.35. The first-order valence-corrected chi connectivity index (χ1v) is 7.01. The first kappa shape index (κ1) is 12.6. The zero-order valence-electron chi connectivity index (χ0n) is 10.7. The van der Waals surface area contributed by atoms with Gasteiger partial charge in [-0.15, -0.1) is 11.3 Å². The lowest BCUT2D eigenvalue weighted by atomic mass is 10.2. The largest absolute Gasteiger partial charge is 0.397 e. The van der Waals surface area contributed by atoms with Gasteiger partial charge in [0.1, 0.15) is 4.88 Å². The van der Waals surface area contributed by atoms with Crippen molar-refractivity contribution in [3.05, 3.63) is 59.2 Å². The van der Waals surface area contributed by atoms with Crippen LogP contribution in [0.25, 0.3) is 10.1 Å². The molecule has 20 heavy (non-hydrogen) atoms. The van der Waals surface area contributed by atoms with E-state index in [1.54, 1.807) is 12.4 Å². The minimum absolute atomic E-state index is 0.146. The minimum Gasteiger partial charge on any atom is -0.397 e. The maximum atomic E-state index is 12.2. The number of anilines is 1. The Balaban J connectivity index is 1.81. The average molecular weight is 283 g/mol. The van der Waals surface area contributed by atoms with Gasteiger partial charge in [0.25, 0.3) is 5.91 Å². The third-order valence-corrected chi connectivity index (χ3v) is 4.19. The van der Waals surface area contributed by atoms with Crippen molar-refractivity contribution in [2.24, 2.45) is 0 Å². The number of thiophene rings is 1. The van der Waals surface area contributed by atoms with Crippen LogP contribution < -0.4 is 11.1 Å². The van der Waals surface area contributed by atoms with Gasteiger partial charge in [-0.1, -0.05) is 30.3 Å². The van der Waals surface area contributed by atoms with Gasteiger partial charge in [-0.25, -0.2) is 0 Å². The van der Waals surface area contributed by atoms with Crippen molar-refractivity contribution >= 4 is 33.0 Å². The first-order valence-electron chi connectivity index (χ1n) is 6.20. The van der Waals surface area contributed by atoms with Crippen LogP contribution in [0.2, 0.25) is 0 Å². The standard InChI is InChI=1S/C15H13N3OS/c16-13-11-6-7-17-9-12(11)20-14(13)15(19)18-8-10-4-2-1-3-5-10/h1-7,9H,8,16H2,(H,18,19). The number of amides is 1. The van der Waals surface area contributed by atoms with Crippen molar-refractivity contribution in [1.82, 2.24) is 10.3 Å². The van der Waals surface area contributed by atoms with Gasteiger partial charge in [0, 0.05) is 24.3 Å². The number of pyridine rings is 1. The first-order chi connectivity index (χ1) is 9.75. The number of benzene rings is 1. The summed E-state index contributed by atoms with van der Waals surface area (Å²) < 4.78 is 0.926. The molecule has 1 amide bonds. The molecule has 0 unspecified atom stereocenters. The second-order valence-corrected chi connectivity index (χ2v) is 5.44. The molecule has 2 aromatic heterocycles. The second kappa shape index (κ2) is 5.30. The van der Waals surface area contributed by atoms with Gasteiger partial charge in [-0.05, 0) is 11.6 Å². The topological polar surface area (TPSA) is 68.0 Å². The van der Waals surface area contributed by atoms with Gasteiger partial charge < -0.3 is 11.1 Å². The quantitative estimate of drug-likeness (QED) is 0.776. The van der Waals surface area contributed by atoms with Crippen molar-refractivity contribution in [3.8, 4) is 0 Å². The molecule has 0 fully saturated rings. The van der Waals surface area contributed by atoms with Crippen molar-refractivity contribution in [2.75, 3.05) is 5.73 Å². The van der Waals surface area contributed by atoms with E-state index in [0.29, 0.717) is 17.1 Å². The normalized spacial score (nSPS) is 10.6. The molecule has 3 N–H and O–H groups in total. The molecule has 3 aromatic rings. The monoisotopic (exact) mass is 283 g/mol. The molecule has 0 aliphatic rings. The van der Waals surface area contributed by atoms with E-state index in [4.69, 9.17) is 5.73 Å². The van der Waals surface area contributed by atoms with Crippen LogP contribution in [-0.2, 0) is 6.54 Å². The number of aromatic nitrogens is 1. The molecule has 0 radical (unpaired) electrons. The highest BCUT2D eigenvalue weighted by Crippen LogP contribution is 2.32. The fraction of sp³-hybridized carbons (Fsp3) is 0.0667. The molecular formula is C15H13N3OS. The molecule has 100 valence electrons. The highest BCUT2D eigenvalue weighted by Gasteiger charge is 2.15. The van der Waals surface area contributed by atoms with Crippen LogP contribution in [0.4, 0.5) is 5.69 Å². The van der Waals surface area contributed by atoms with E-state index < -0.39 is 0 Å². The Morgan fingerprint density at radius 1 is 1.25 bits per heavy atom. The summed E-state index contributed by atoms with van der Waals surface area (Å²) in [6, 6.07) is 11.6. The summed E-state index contributed by atoms with van der Waals surface area (Å²) in [6.07, 6.45) is 3.40. The summed E-state index contributed by atoms with van der Waals surface area (Å²) in [5.41, 5.74) is 7.61. The van der Waals surface area contributed by atoms with Gasteiger partial charge in [0.15, 0.2) is 0 Å². The van der Waals surface area contributed by atoms with Crippen LogP contribution in [-0.4, -0.2) is 10.9 Å². The molecule has 0 atom stereocenters. The van der Waals surface area contributed by atoms with Crippen molar-refractivity contribution in [1.29, 1.82) is 0 Å². The molecule has 0 spiro atoms. The molecule has 5 heteroatoms. The lowest BCUT2D eigenvalue weighted by molar-refractivity contribution is 0.0956. The smallest absolute Gasteiger partial charge is 0.263 e. The summed E-state index contributed by atoms with van der Waals surface area (Å²) in [6.45, 7) is 0.492. The van der Waals surface area contributed by atoms with Gasteiger partial charge >= 0.3 is 0 Å². The SMILES string of the molecule is Nc1c(C(=O)NCc2ccccc2)sc2cnccc12. The van der Waals surface area contributed by atoms with E-state index in [2.05, 4.69) is 10.3 Å². The number of carbonyl (C=O) groups is 1. The molecule has 4 nitrogen and oxygen atoms in total. The number of hydrogen-bond donors (Lipinski definition) is 2. The summed E-state index contributed by atoms with van der Waals surface area (Å²) in [5, 5.41) is 3.77. The number of rotatable bonds is 3. The van der Waals surface area contributed by atoms with E-state index >= 15 is 0 Å². The minimum atomic E-state index is -0.146. The highest BCUT2D eigenvalue weighted by atomic mass is 32.1. The zero-order valence-corrected chi connectivity index (χ0v) is 11.5. The summed E-state index contributed by atoms with van der Waals surface area (Å²) >= 11 is 1.37. The number of nitrogens with one attached hydrogen (secondary N) is 1. The van der Waals surface area contributed by atoms with E-state index in [9.17, 15) is 4.79 Å². The zero-order chi connectivity index (χ0) is 13.9. The molecule has 2 heterocycles. The lowest BCUT2D eigenvalue weighted by Crippen LogP contribution is -2.22. The highest BCUT2D eigenvalue weighted by molar-refractivity contribution is 7.21. The van der Waals surface area contributed by atoms with Crippen LogP contribution in [0.3, 0.4) is 0 Å². The number of nitrogen functional groups attached to an aromatic ring is 1. The Bertz CT molecular complexity index is 752. The Hall–Kier alpha value is -2.40. The number of hydrogen-bond acceptors (Lipinski definition) is 4. The van der Waals surface area contributed by atoms with Crippen molar-refractivity contribution < 1.29 is 4.79 Å². The number of nitrogens with zero attached hydrogens (tertiary/aromatic N) is 1. The maximum absolute atomic E-state index is 12.2. The Morgan fingerprint density at radius 3 is 2.80 bits per heavy atom. The van der Waals surface area contributed by atoms with E-state index in [0.717, 1.165) is 15.6 Å². The van der Waals surface area contributed by atoms with Crippen molar-refractivity contribution in [3.63, 3.8) is 0 Å². The van der Waals surface area contributed by atoms with Crippen LogP contribution in [0.15, 0.2) is 48.8 Å². The fourth-order valence-corrected chi connectivity index (χ4v) is 3.00. The number of carbonyl (C=O) groups excluding carboxylic acids is 1. The predicted octanol–water partition coefficient (Wildman–Crippen LogP) is 2.81. The number of fused-ring (bicyclic) bond motifs is 1.